The number of guanidine groups is 1. The summed E-state index contributed by atoms with van der Waals surface area (Å²) >= 11 is 0. The number of pyridine rings is 1. The van der Waals surface area contributed by atoms with Crippen LogP contribution >= 0.6 is 24.0 Å². The molecule has 182 valence electrons. The van der Waals surface area contributed by atoms with Gasteiger partial charge in [0.2, 0.25) is 0 Å². The normalized spacial score (nSPS) is 14.4. The molecule has 0 bridgehead atoms. The van der Waals surface area contributed by atoms with Crippen molar-refractivity contribution >= 4 is 35.8 Å². The minimum absolute atomic E-state index is 0. The van der Waals surface area contributed by atoms with Gasteiger partial charge >= 0.3 is 0 Å². The zero-order chi connectivity index (χ0) is 22.8. The molecule has 3 rings (SSSR count). The summed E-state index contributed by atoms with van der Waals surface area (Å²) in [6, 6.07) is 10.3. The number of aryl methyl sites for hydroxylation is 1. The smallest absolute Gasteiger partial charge is 0.191 e. The van der Waals surface area contributed by atoms with Crippen LogP contribution in [-0.4, -0.2) is 62.0 Å². The zero-order valence-corrected chi connectivity index (χ0v) is 22.0. The van der Waals surface area contributed by atoms with Gasteiger partial charge in [-0.1, -0.05) is 12.1 Å². The number of hydrogen-bond donors (Lipinski definition) is 3. The summed E-state index contributed by atoms with van der Waals surface area (Å²) in [4.78, 5) is 11.7. The monoisotopic (exact) mass is 569 g/mol. The first-order chi connectivity index (χ1) is 15.6. The predicted octanol–water partition coefficient (Wildman–Crippen LogP) is 3.11. The number of ether oxygens (including phenoxy) is 2. The Bertz CT molecular complexity index is 871. The van der Waals surface area contributed by atoms with Gasteiger partial charge < -0.3 is 30.1 Å². The molecule has 3 N–H and O–H groups in total. The molecule has 1 saturated heterocycles. The van der Waals surface area contributed by atoms with E-state index in [1.54, 1.807) is 7.11 Å². The largest absolute Gasteiger partial charge is 0.493 e. The molecule has 8 nitrogen and oxygen atoms in total. The highest BCUT2D eigenvalue weighted by Gasteiger charge is 2.21. The molecule has 0 aliphatic carbocycles. The van der Waals surface area contributed by atoms with Crippen LogP contribution in [0.25, 0.3) is 0 Å². The SMILES string of the molecule is CCNC(=NCc1ccc(OCCO)c(OC)c1)NC1CCN(c2ccc(C)cn2)CC1.I. The van der Waals surface area contributed by atoms with Crippen LogP contribution in [0.3, 0.4) is 0 Å². The van der Waals surface area contributed by atoms with E-state index in [0.717, 1.165) is 49.8 Å². The number of aliphatic imine (C=N–C) groups is 1. The zero-order valence-electron chi connectivity index (χ0n) is 19.7. The molecule has 2 heterocycles. The lowest BCUT2D eigenvalue weighted by Gasteiger charge is -2.33. The first kappa shape index (κ1) is 27.0. The summed E-state index contributed by atoms with van der Waals surface area (Å²) in [6.07, 6.45) is 3.99. The summed E-state index contributed by atoms with van der Waals surface area (Å²) in [5.74, 6) is 3.13. The third-order valence-electron chi connectivity index (χ3n) is 5.40. The lowest BCUT2D eigenvalue weighted by Crippen LogP contribution is -2.48. The molecular formula is C24H36IN5O3. The Balaban J connectivity index is 0.00000385. The highest BCUT2D eigenvalue weighted by molar-refractivity contribution is 14.0. The summed E-state index contributed by atoms with van der Waals surface area (Å²) in [7, 11) is 1.61. The van der Waals surface area contributed by atoms with Crippen molar-refractivity contribution in [3.05, 3.63) is 47.7 Å². The van der Waals surface area contributed by atoms with Crippen molar-refractivity contribution in [2.24, 2.45) is 4.99 Å². The van der Waals surface area contributed by atoms with Crippen LogP contribution < -0.4 is 25.0 Å². The van der Waals surface area contributed by atoms with Gasteiger partial charge in [-0.2, -0.15) is 0 Å². The quantitative estimate of drug-likeness (QED) is 0.243. The number of piperidine rings is 1. The minimum atomic E-state index is -0.0344. The second-order valence-electron chi connectivity index (χ2n) is 7.85. The van der Waals surface area contributed by atoms with Gasteiger partial charge in [0.25, 0.3) is 0 Å². The van der Waals surface area contributed by atoms with Crippen LogP contribution in [0.4, 0.5) is 5.82 Å². The Hall–Kier alpha value is -2.27. The van der Waals surface area contributed by atoms with E-state index in [-0.39, 0.29) is 37.2 Å². The van der Waals surface area contributed by atoms with Gasteiger partial charge in [-0.3, -0.25) is 0 Å². The van der Waals surface area contributed by atoms with Crippen molar-refractivity contribution in [2.45, 2.75) is 39.3 Å². The first-order valence-electron chi connectivity index (χ1n) is 11.3. The third kappa shape index (κ3) is 8.22. The number of aliphatic hydroxyl groups is 1. The summed E-state index contributed by atoms with van der Waals surface area (Å²) in [5, 5.41) is 15.9. The second-order valence-corrected chi connectivity index (χ2v) is 7.85. The Kier molecular flexibility index (Phi) is 11.5. The highest BCUT2D eigenvalue weighted by atomic mass is 127. The number of aliphatic hydroxyl groups excluding tert-OH is 1. The van der Waals surface area contributed by atoms with Crippen LogP contribution in [0.1, 0.15) is 30.9 Å². The second kappa shape index (κ2) is 14.1. The minimum Gasteiger partial charge on any atom is -0.493 e. The lowest BCUT2D eigenvalue weighted by molar-refractivity contribution is 0.196. The number of aromatic nitrogens is 1. The molecule has 1 aromatic heterocycles. The van der Waals surface area contributed by atoms with Gasteiger partial charge in [-0.05, 0) is 56.0 Å². The maximum Gasteiger partial charge on any atom is 0.191 e. The molecule has 1 aromatic carbocycles. The fraction of sp³-hybridized carbons (Fsp3) is 0.500. The van der Waals surface area contributed by atoms with Crippen LogP contribution in [0.15, 0.2) is 41.5 Å². The van der Waals surface area contributed by atoms with Crippen molar-refractivity contribution in [3.63, 3.8) is 0 Å². The van der Waals surface area contributed by atoms with E-state index in [1.165, 1.54) is 5.56 Å². The van der Waals surface area contributed by atoms with E-state index >= 15 is 0 Å². The maximum absolute atomic E-state index is 8.96. The van der Waals surface area contributed by atoms with Crippen LogP contribution in [0.2, 0.25) is 0 Å². The molecule has 0 spiro atoms. The molecule has 0 unspecified atom stereocenters. The van der Waals surface area contributed by atoms with Gasteiger partial charge in [0.15, 0.2) is 17.5 Å². The van der Waals surface area contributed by atoms with Crippen LogP contribution in [0, 0.1) is 6.92 Å². The number of hydrogen-bond acceptors (Lipinski definition) is 6. The predicted molar refractivity (Wildman–Crippen MR) is 143 cm³/mol. The molecule has 0 saturated carbocycles. The van der Waals surface area contributed by atoms with Crippen LogP contribution in [0.5, 0.6) is 11.5 Å². The molecule has 1 aliphatic heterocycles. The fourth-order valence-corrected chi connectivity index (χ4v) is 3.67. The molecule has 9 heteroatoms. The lowest BCUT2D eigenvalue weighted by atomic mass is 10.1. The molecule has 1 fully saturated rings. The number of rotatable bonds is 9. The van der Waals surface area contributed by atoms with E-state index in [9.17, 15) is 0 Å². The van der Waals surface area contributed by atoms with Crippen molar-refractivity contribution in [2.75, 3.05) is 44.9 Å². The topological polar surface area (TPSA) is 91.2 Å². The van der Waals surface area contributed by atoms with Gasteiger partial charge in [-0.25, -0.2) is 9.98 Å². The van der Waals surface area contributed by atoms with Gasteiger partial charge in [-0.15, -0.1) is 24.0 Å². The molecule has 33 heavy (non-hydrogen) atoms. The van der Waals surface area contributed by atoms with E-state index in [2.05, 4.69) is 46.5 Å². The molecule has 0 amide bonds. The van der Waals surface area contributed by atoms with E-state index in [0.29, 0.717) is 24.1 Å². The first-order valence-corrected chi connectivity index (χ1v) is 11.3. The number of benzene rings is 1. The van der Waals surface area contributed by atoms with Crippen molar-refractivity contribution in [3.8, 4) is 11.5 Å². The Morgan fingerprint density at radius 2 is 2.00 bits per heavy atom. The number of nitrogens with one attached hydrogen (secondary N) is 2. The molecule has 0 atom stereocenters. The Morgan fingerprint density at radius 1 is 1.21 bits per heavy atom. The molecular weight excluding hydrogens is 533 g/mol. The van der Waals surface area contributed by atoms with E-state index in [1.807, 2.05) is 24.4 Å². The molecule has 0 radical (unpaired) electrons. The third-order valence-corrected chi connectivity index (χ3v) is 5.40. The van der Waals surface area contributed by atoms with Gasteiger partial charge in [0, 0.05) is 31.9 Å². The maximum atomic E-state index is 8.96. The summed E-state index contributed by atoms with van der Waals surface area (Å²) in [5.41, 5.74) is 2.21. The van der Waals surface area contributed by atoms with Gasteiger partial charge in [0.1, 0.15) is 12.4 Å². The van der Waals surface area contributed by atoms with Gasteiger partial charge in [0.05, 0.1) is 20.3 Å². The average molecular weight is 569 g/mol. The van der Waals surface area contributed by atoms with Crippen molar-refractivity contribution in [1.29, 1.82) is 0 Å². The number of anilines is 1. The number of methoxy groups -OCH3 is 1. The molecule has 2 aromatic rings. The summed E-state index contributed by atoms with van der Waals surface area (Å²) < 4.78 is 10.9. The van der Waals surface area contributed by atoms with Crippen molar-refractivity contribution < 1.29 is 14.6 Å². The van der Waals surface area contributed by atoms with Crippen LogP contribution in [-0.2, 0) is 6.54 Å². The number of nitrogens with zero attached hydrogens (tertiary/aromatic N) is 3. The van der Waals surface area contributed by atoms with Crippen molar-refractivity contribution in [1.82, 2.24) is 15.6 Å². The summed E-state index contributed by atoms with van der Waals surface area (Å²) in [6.45, 7) is 7.60. The Morgan fingerprint density at radius 3 is 2.64 bits per heavy atom. The average Bonchev–Trinajstić information content (AvgIpc) is 2.82. The highest BCUT2D eigenvalue weighted by Crippen LogP contribution is 2.28. The van der Waals surface area contributed by atoms with E-state index < -0.39 is 0 Å². The number of halogens is 1. The van der Waals surface area contributed by atoms with E-state index in [4.69, 9.17) is 19.6 Å². The Labute approximate surface area is 213 Å². The fourth-order valence-electron chi connectivity index (χ4n) is 3.67. The standard InChI is InChI=1S/C24H35N5O3.HI/c1-4-25-24(27-17-19-6-7-21(32-14-13-30)22(15-19)31-3)28-20-9-11-29(12-10-20)23-8-5-18(2)16-26-23;/h5-8,15-16,20,30H,4,9-14,17H2,1-3H3,(H2,25,27,28);1H. The molecule has 1 aliphatic rings.